The van der Waals surface area contributed by atoms with Crippen molar-refractivity contribution in [3.63, 3.8) is 0 Å². The number of nitrogens with zero attached hydrogens (tertiary/aromatic N) is 1. The summed E-state index contributed by atoms with van der Waals surface area (Å²) in [6.45, 7) is 6.14. The number of hydrogen-bond acceptors (Lipinski definition) is 4. The minimum absolute atomic E-state index is 0.220. The van der Waals surface area contributed by atoms with Gasteiger partial charge in [0, 0.05) is 10.4 Å². The van der Waals surface area contributed by atoms with Crippen molar-refractivity contribution < 1.29 is 4.79 Å². The Kier molecular flexibility index (Phi) is 5.40. The summed E-state index contributed by atoms with van der Waals surface area (Å²) in [5.41, 5.74) is 4.44. The highest BCUT2D eigenvalue weighted by Gasteiger charge is 2.24. The molecule has 26 heavy (non-hydrogen) atoms. The summed E-state index contributed by atoms with van der Waals surface area (Å²) in [4.78, 5) is 13.7. The lowest BCUT2D eigenvalue weighted by molar-refractivity contribution is 0.0977. The average Bonchev–Trinajstić information content (AvgIpc) is 2.89. The zero-order chi connectivity index (χ0) is 18.8. The van der Waals surface area contributed by atoms with Crippen LogP contribution < -0.4 is 10.6 Å². The number of carbonyl (C=O) groups excluding carboxylic acids is 1. The van der Waals surface area contributed by atoms with E-state index in [4.69, 9.17) is 12.2 Å². The van der Waals surface area contributed by atoms with Crippen LogP contribution in [-0.4, -0.2) is 11.0 Å². The third-order valence-corrected chi connectivity index (χ3v) is 5.94. The molecular weight excluding hydrogens is 362 g/mol. The fourth-order valence-corrected chi connectivity index (χ4v) is 5.00. The molecule has 0 unspecified atom stereocenters. The maximum Gasteiger partial charge on any atom is 0.257 e. The Bertz CT molecular complexity index is 904. The highest BCUT2D eigenvalue weighted by molar-refractivity contribution is 7.80. The number of aryl methyl sites for hydroxylation is 2. The Labute approximate surface area is 163 Å². The molecule has 0 bridgehead atoms. The SMILES string of the molecule is Cc1cc(C)cc(C(=O)NC(=S)Nc2sc3c(c2C#N)CC[C@@H](C)C3)c1. The molecule has 1 amide bonds. The Balaban J connectivity index is 1.74. The summed E-state index contributed by atoms with van der Waals surface area (Å²) in [5.74, 6) is 0.388. The van der Waals surface area contributed by atoms with Gasteiger partial charge in [-0.15, -0.1) is 11.3 Å². The molecule has 1 aliphatic rings. The first kappa shape index (κ1) is 18.6. The minimum atomic E-state index is -0.247. The molecule has 1 aromatic heterocycles. The number of thiophene rings is 1. The van der Waals surface area contributed by atoms with E-state index in [0.717, 1.165) is 41.0 Å². The number of nitriles is 1. The fraction of sp³-hybridized carbons (Fsp3) is 0.350. The Morgan fingerprint density at radius 3 is 2.65 bits per heavy atom. The maximum absolute atomic E-state index is 12.4. The number of thiocarbonyl (C=S) groups is 1. The van der Waals surface area contributed by atoms with Crippen molar-refractivity contribution in [1.29, 1.82) is 5.26 Å². The monoisotopic (exact) mass is 383 g/mol. The van der Waals surface area contributed by atoms with Crippen LogP contribution in [0.15, 0.2) is 18.2 Å². The minimum Gasteiger partial charge on any atom is -0.323 e. The van der Waals surface area contributed by atoms with E-state index < -0.39 is 0 Å². The van der Waals surface area contributed by atoms with Crippen molar-refractivity contribution in [3.05, 3.63) is 50.9 Å². The molecule has 2 N–H and O–H groups in total. The lowest BCUT2D eigenvalue weighted by Gasteiger charge is -2.17. The van der Waals surface area contributed by atoms with Gasteiger partial charge in [-0.3, -0.25) is 10.1 Å². The predicted molar refractivity (Wildman–Crippen MR) is 110 cm³/mol. The zero-order valence-corrected chi connectivity index (χ0v) is 16.7. The largest absolute Gasteiger partial charge is 0.323 e. The number of carbonyl (C=O) groups is 1. The normalized spacial score (nSPS) is 15.7. The number of benzene rings is 1. The molecule has 0 spiro atoms. The molecule has 0 aliphatic heterocycles. The van der Waals surface area contributed by atoms with Gasteiger partial charge >= 0.3 is 0 Å². The second-order valence-electron chi connectivity index (χ2n) is 6.95. The van der Waals surface area contributed by atoms with E-state index in [1.54, 1.807) is 11.3 Å². The molecule has 2 aromatic rings. The van der Waals surface area contributed by atoms with Gasteiger partial charge in [0.2, 0.25) is 0 Å². The first-order chi connectivity index (χ1) is 12.4. The number of fused-ring (bicyclic) bond motifs is 1. The smallest absolute Gasteiger partial charge is 0.257 e. The number of rotatable bonds is 2. The predicted octanol–water partition coefficient (Wildman–Crippen LogP) is 4.49. The van der Waals surface area contributed by atoms with E-state index in [-0.39, 0.29) is 11.0 Å². The summed E-state index contributed by atoms with van der Waals surface area (Å²) < 4.78 is 0. The number of hydrogen-bond donors (Lipinski definition) is 2. The second-order valence-corrected chi connectivity index (χ2v) is 8.47. The highest BCUT2D eigenvalue weighted by atomic mass is 32.1. The van der Waals surface area contributed by atoms with Crippen LogP contribution in [0.25, 0.3) is 0 Å². The molecule has 6 heteroatoms. The van der Waals surface area contributed by atoms with E-state index >= 15 is 0 Å². The second kappa shape index (κ2) is 7.56. The van der Waals surface area contributed by atoms with E-state index in [1.807, 2.05) is 32.0 Å². The lowest BCUT2D eigenvalue weighted by atomic mass is 9.89. The van der Waals surface area contributed by atoms with Crippen LogP contribution >= 0.6 is 23.6 Å². The number of amides is 1. The first-order valence-corrected chi connectivity index (χ1v) is 9.85. The van der Waals surface area contributed by atoms with Crippen LogP contribution in [-0.2, 0) is 12.8 Å². The molecule has 4 nitrogen and oxygen atoms in total. The summed E-state index contributed by atoms with van der Waals surface area (Å²) in [5, 5.41) is 16.3. The number of nitrogens with one attached hydrogen (secondary N) is 2. The molecule has 0 fully saturated rings. The van der Waals surface area contributed by atoms with Crippen molar-refractivity contribution in [1.82, 2.24) is 5.32 Å². The fourth-order valence-electron chi connectivity index (χ4n) is 3.37. The van der Waals surface area contributed by atoms with Crippen LogP contribution in [0.2, 0.25) is 0 Å². The molecule has 0 radical (unpaired) electrons. The molecular formula is C20H21N3OS2. The van der Waals surface area contributed by atoms with Gasteiger partial charge < -0.3 is 5.32 Å². The van der Waals surface area contributed by atoms with Gasteiger partial charge in [-0.1, -0.05) is 24.1 Å². The first-order valence-electron chi connectivity index (χ1n) is 8.62. The van der Waals surface area contributed by atoms with Gasteiger partial charge in [0.25, 0.3) is 5.91 Å². The Morgan fingerprint density at radius 2 is 2.00 bits per heavy atom. The molecule has 1 aromatic carbocycles. The molecule has 1 heterocycles. The Hall–Kier alpha value is -2.23. The Morgan fingerprint density at radius 1 is 1.31 bits per heavy atom. The van der Waals surface area contributed by atoms with Crippen molar-refractivity contribution in [2.24, 2.45) is 5.92 Å². The van der Waals surface area contributed by atoms with Crippen LogP contribution in [0, 0.1) is 31.1 Å². The van der Waals surface area contributed by atoms with E-state index in [9.17, 15) is 10.1 Å². The van der Waals surface area contributed by atoms with Crippen LogP contribution in [0.4, 0.5) is 5.00 Å². The van der Waals surface area contributed by atoms with Gasteiger partial charge in [0.1, 0.15) is 11.1 Å². The van der Waals surface area contributed by atoms with Crippen molar-refractivity contribution in [2.75, 3.05) is 5.32 Å². The van der Waals surface area contributed by atoms with E-state index in [0.29, 0.717) is 17.0 Å². The summed E-state index contributed by atoms with van der Waals surface area (Å²) in [6, 6.07) is 7.98. The highest BCUT2D eigenvalue weighted by Crippen LogP contribution is 2.39. The van der Waals surface area contributed by atoms with Crippen molar-refractivity contribution in [3.8, 4) is 6.07 Å². The molecule has 0 saturated heterocycles. The van der Waals surface area contributed by atoms with Crippen LogP contribution in [0.1, 0.15) is 50.8 Å². The van der Waals surface area contributed by atoms with Gasteiger partial charge in [-0.05, 0) is 68.9 Å². The molecule has 1 atom stereocenters. The zero-order valence-electron chi connectivity index (χ0n) is 15.1. The topological polar surface area (TPSA) is 64.9 Å². The quantitative estimate of drug-likeness (QED) is 0.750. The molecule has 1 aliphatic carbocycles. The maximum atomic E-state index is 12.4. The third-order valence-electron chi connectivity index (χ3n) is 4.56. The van der Waals surface area contributed by atoms with Crippen molar-refractivity contribution in [2.45, 2.75) is 40.0 Å². The van der Waals surface area contributed by atoms with Gasteiger partial charge in [-0.2, -0.15) is 5.26 Å². The summed E-state index contributed by atoms with van der Waals surface area (Å²) in [7, 11) is 0. The van der Waals surface area contributed by atoms with Gasteiger partial charge in [0.05, 0.1) is 5.56 Å². The van der Waals surface area contributed by atoms with Crippen LogP contribution in [0.5, 0.6) is 0 Å². The average molecular weight is 384 g/mol. The van der Waals surface area contributed by atoms with Crippen molar-refractivity contribution >= 4 is 39.6 Å². The van der Waals surface area contributed by atoms with Gasteiger partial charge in [0.15, 0.2) is 5.11 Å². The summed E-state index contributed by atoms with van der Waals surface area (Å²) >= 11 is 6.88. The standard InChI is InChI=1S/C20H21N3OS2/c1-11-4-5-15-16(10-21)19(26-17(15)9-11)23-20(25)22-18(24)14-7-12(2)6-13(3)8-14/h6-8,11H,4-5,9H2,1-3H3,(H2,22,23,24,25)/t11-/m1/s1. The lowest BCUT2D eigenvalue weighted by Crippen LogP contribution is -2.34. The van der Waals surface area contributed by atoms with Gasteiger partial charge in [-0.25, -0.2) is 0 Å². The van der Waals surface area contributed by atoms with E-state index in [1.165, 1.54) is 4.88 Å². The number of anilines is 1. The van der Waals surface area contributed by atoms with Crippen LogP contribution in [0.3, 0.4) is 0 Å². The van der Waals surface area contributed by atoms with E-state index in [2.05, 4.69) is 23.6 Å². The molecule has 134 valence electrons. The molecule has 0 saturated carbocycles. The molecule has 3 rings (SSSR count). The third kappa shape index (κ3) is 3.95. The summed E-state index contributed by atoms with van der Waals surface area (Å²) in [6.07, 6.45) is 3.03.